The van der Waals surface area contributed by atoms with Crippen molar-refractivity contribution in [2.45, 2.75) is 50.2 Å². The van der Waals surface area contributed by atoms with Crippen molar-refractivity contribution in [3.05, 3.63) is 77.5 Å². The lowest BCUT2D eigenvalue weighted by atomic mass is 9.62. The highest BCUT2D eigenvalue weighted by atomic mass is 16.3. The fourth-order valence-corrected chi connectivity index (χ4v) is 6.61. The molecular weight excluding hydrogens is 402 g/mol. The first kappa shape index (κ1) is 19.4. The summed E-state index contributed by atoms with van der Waals surface area (Å²) >= 11 is 0. The molecule has 6 heteroatoms. The molecule has 0 radical (unpaired) electrons. The second-order valence-corrected chi connectivity index (χ2v) is 9.60. The Kier molecular flexibility index (Phi) is 3.88. The molecule has 2 aromatic carbocycles. The number of phenols is 1. The number of aromatic hydroxyl groups is 1. The summed E-state index contributed by atoms with van der Waals surface area (Å²) < 4.78 is 1.79. The van der Waals surface area contributed by atoms with Crippen LogP contribution in [-0.4, -0.2) is 36.6 Å². The second-order valence-electron chi connectivity index (χ2n) is 9.60. The zero-order valence-corrected chi connectivity index (χ0v) is 18.0. The molecular formula is C26H25N3O3. The zero-order valence-electron chi connectivity index (χ0n) is 18.0. The molecule has 6 nitrogen and oxygen atoms in total. The Morgan fingerprint density at radius 2 is 2.00 bits per heavy atom. The first-order valence-corrected chi connectivity index (χ1v) is 11.1. The summed E-state index contributed by atoms with van der Waals surface area (Å²) in [5.74, 6) is -0.0256. The van der Waals surface area contributed by atoms with Crippen molar-refractivity contribution in [1.82, 2.24) is 15.0 Å². The van der Waals surface area contributed by atoms with Gasteiger partial charge in [-0.2, -0.15) is 0 Å². The predicted octanol–water partition coefficient (Wildman–Crippen LogP) is 3.88. The van der Waals surface area contributed by atoms with Crippen molar-refractivity contribution in [2.75, 3.05) is 0 Å². The van der Waals surface area contributed by atoms with Gasteiger partial charge in [0, 0.05) is 17.1 Å². The number of phenolic OH excluding ortho intramolecular Hbond substituents is 1. The maximum Gasteiger partial charge on any atom is 0.168 e. The van der Waals surface area contributed by atoms with Gasteiger partial charge in [-0.05, 0) is 54.9 Å². The van der Waals surface area contributed by atoms with Crippen molar-refractivity contribution < 1.29 is 15.0 Å². The van der Waals surface area contributed by atoms with Crippen LogP contribution in [0.4, 0.5) is 0 Å². The topological polar surface area (TPSA) is 88.2 Å². The quantitative estimate of drug-likeness (QED) is 0.620. The maximum absolute atomic E-state index is 13.7. The van der Waals surface area contributed by atoms with Crippen LogP contribution in [0.2, 0.25) is 0 Å². The van der Waals surface area contributed by atoms with Gasteiger partial charge in [0.2, 0.25) is 0 Å². The standard InChI is InChI=1S/C26H25N3O3/c1-15-22(30)9-8-18-19-10-11-25(32)14-26(19,24(31)16(25)2)20(23(15)18)12-29-13-21(27-28-29)17-6-4-3-5-7-17/h3-9,13,19-20,30,32H,2,10-12,14H2,1H3/t19-,20-,25-,26?/m0/s1. The first-order chi connectivity index (χ1) is 15.3. The van der Waals surface area contributed by atoms with Crippen molar-refractivity contribution in [3.8, 4) is 17.0 Å². The number of fused-ring (bicyclic) bond motifs is 3. The molecule has 2 saturated carbocycles. The summed E-state index contributed by atoms with van der Waals surface area (Å²) in [6.07, 6.45) is 3.54. The van der Waals surface area contributed by atoms with Gasteiger partial charge in [0.15, 0.2) is 5.78 Å². The monoisotopic (exact) mass is 427 g/mol. The molecule has 3 aromatic rings. The Morgan fingerprint density at radius 3 is 2.78 bits per heavy atom. The Hall–Kier alpha value is -3.25. The molecule has 0 amide bonds. The third kappa shape index (κ3) is 2.36. The van der Waals surface area contributed by atoms with E-state index in [4.69, 9.17) is 0 Å². The number of nitrogens with zero attached hydrogens (tertiary/aromatic N) is 3. The van der Waals surface area contributed by atoms with E-state index >= 15 is 0 Å². The number of aliphatic hydroxyl groups is 1. The SMILES string of the molecule is C=C1C(=O)C23C[C@@]1(O)CC[C@H]2c1ccc(O)c(C)c1[C@@H]3Cn1cc(-c2ccccc2)nn1. The van der Waals surface area contributed by atoms with Crippen LogP contribution in [0.15, 0.2) is 60.8 Å². The van der Waals surface area contributed by atoms with Gasteiger partial charge in [-0.3, -0.25) is 9.48 Å². The highest BCUT2D eigenvalue weighted by Crippen LogP contribution is 2.70. The number of rotatable bonds is 3. The smallest absolute Gasteiger partial charge is 0.168 e. The Bertz CT molecular complexity index is 1280. The van der Waals surface area contributed by atoms with Crippen molar-refractivity contribution >= 4 is 5.78 Å². The minimum atomic E-state index is -1.14. The lowest BCUT2D eigenvalue weighted by molar-refractivity contribution is -0.126. The average Bonchev–Trinajstić information content (AvgIpc) is 3.41. The van der Waals surface area contributed by atoms with E-state index in [1.807, 2.05) is 49.5 Å². The number of Topliss-reactive ketones (excluding diaryl/α,β-unsaturated/α-hetero) is 1. The highest BCUT2D eigenvalue weighted by Gasteiger charge is 2.69. The molecule has 2 fully saturated rings. The van der Waals surface area contributed by atoms with E-state index in [1.165, 1.54) is 0 Å². The van der Waals surface area contributed by atoms with E-state index < -0.39 is 11.0 Å². The average molecular weight is 428 g/mol. The summed E-state index contributed by atoms with van der Waals surface area (Å²) in [5.41, 5.74) is 3.11. The van der Waals surface area contributed by atoms with Gasteiger partial charge in [0.1, 0.15) is 11.4 Å². The van der Waals surface area contributed by atoms with Gasteiger partial charge in [-0.1, -0.05) is 48.2 Å². The molecule has 32 heavy (non-hydrogen) atoms. The number of aromatic nitrogens is 3. The van der Waals surface area contributed by atoms with Gasteiger partial charge in [0.25, 0.3) is 0 Å². The number of ketones is 1. The summed E-state index contributed by atoms with van der Waals surface area (Å²) in [5, 5.41) is 30.5. The molecule has 1 heterocycles. The fraction of sp³-hybridized carbons (Fsp3) is 0.346. The van der Waals surface area contributed by atoms with Crippen LogP contribution in [0.1, 0.15) is 47.8 Å². The lowest BCUT2D eigenvalue weighted by Crippen LogP contribution is -2.41. The molecule has 6 rings (SSSR count). The Balaban J connectivity index is 1.49. The number of benzene rings is 2. The third-order valence-electron chi connectivity index (χ3n) is 8.16. The normalized spacial score (nSPS) is 30.4. The van der Waals surface area contributed by atoms with Crippen LogP contribution >= 0.6 is 0 Å². The molecule has 3 aliphatic carbocycles. The van der Waals surface area contributed by atoms with Crippen LogP contribution in [0.5, 0.6) is 5.75 Å². The lowest BCUT2D eigenvalue weighted by Gasteiger charge is -2.41. The molecule has 2 bridgehead atoms. The van der Waals surface area contributed by atoms with Gasteiger partial charge < -0.3 is 10.2 Å². The largest absolute Gasteiger partial charge is 0.508 e. The van der Waals surface area contributed by atoms with Gasteiger partial charge >= 0.3 is 0 Å². The van der Waals surface area contributed by atoms with Crippen LogP contribution in [0.3, 0.4) is 0 Å². The molecule has 3 aliphatic rings. The van der Waals surface area contributed by atoms with E-state index in [1.54, 1.807) is 10.7 Å². The van der Waals surface area contributed by atoms with Crippen LogP contribution in [0.25, 0.3) is 11.3 Å². The Morgan fingerprint density at radius 1 is 1.22 bits per heavy atom. The fourth-order valence-electron chi connectivity index (χ4n) is 6.61. The van der Waals surface area contributed by atoms with E-state index in [9.17, 15) is 15.0 Å². The molecule has 4 atom stereocenters. The van der Waals surface area contributed by atoms with E-state index in [0.29, 0.717) is 25.0 Å². The number of hydrogen-bond acceptors (Lipinski definition) is 5. The van der Waals surface area contributed by atoms with Crippen molar-refractivity contribution in [1.29, 1.82) is 0 Å². The first-order valence-electron chi connectivity index (χ1n) is 11.1. The summed E-state index contributed by atoms with van der Waals surface area (Å²) in [6, 6.07) is 13.5. The molecule has 162 valence electrons. The molecule has 1 spiro atoms. The van der Waals surface area contributed by atoms with Crippen LogP contribution < -0.4 is 0 Å². The van der Waals surface area contributed by atoms with Crippen LogP contribution in [0, 0.1) is 12.3 Å². The number of carbonyl (C=O) groups is 1. The molecule has 0 saturated heterocycles. The van der Waals surface area contributed by atoms with Crippen molar-refractivity contribution in [3.63, 3.8) is 0 Å². The number of hydrogen-bond donors (Lipinski definition) is 2. The summed E-state index contributed by atoms with van der Waals surface area (Å²) in [4.78, 5) is 13.7. The van der Waals surface area contributed by atoms with E-state index in [0.717, 1.165) is 34.4 Å². The zero-order chi connectivity index (χ0) is 22.3. The summed E-state index contributed by atoms with van der Waals surface area (Å²) in [6.45, 7) is 6.37. The van der Waals surface area contributed by atoms with Crippen molar-refractivity contribution in [2.24, 2.45) is 5.41 Å². The van der Waals surface area contributed by atoms with E-state index in [-0.39, 0.29) is 23.4 Å². The molecule has 2 N–H and O–H groups in total. The Labute approximate surface area is 186 Å². The molecule has 0 aliphatic heterocycles. The van der Waals surface area contributed by atoms with Gasteiger partial charge in [0.05, 0.1) is 23.8 Å². The van der Waals surface area contributed by atoms with Crippen LogP contribution in [-0.2, 0) is 11.3 Å². The minimum Gasteiger partial charge on any atom is -0.508 e. The number of carbonyl (C=O) groups excluding carboxylic acids is 1. The predicted molar refractivity (Wildman–Crippen MR) is 119 cm³/mol. The van der Waals surface area contributed by atoms with Gasteiger partial charge in [-0.25, -0.2) is 0 Å². The minimum absolute atomic E-state index is 0.00550. The molecule has 1 unspecified atom stereocenters. The van der Waals surface area contributed by atoms with Gasteiger partial charge in [-0.15, -0.1) is 5.10 Å². The summed E-state index contributed by atoms with van der Waals surface area (Å²) in [7, 11) is 0. The molecule has 1 aromatic heterocycles. The highest BCUT2D eigenvalue weighted by molar-refractivity contribution is 6.06. The maximum atomic E-state index is 13.7. The van der Waals surface area contributed by atoms with E-state index in [2.05, 4.69) is 16.9 Å². The third-order valence-corrected chi connectivity index (χ3v) is 8.16. The second kappa shape index (κ2) is 6.39.